The number of amides is 1. The Labute approximate surface area is 145 Å². The van der Waals surface area contributed by atoms with E-state index in [-0.39, 0.29) is 13.2 Å². The van der Waals surface area contributed by atoms with E-state index >= 15 is 0 Å². The fourth-order valence-electron chi connectivity index (χ4n) is 2.23. The van der Waals surface area contributed by atoms with Gasteiger partial charge in [0.1, 0.15) is 18.3 Å². The second-order valence-electron chi connectivity index (χ2n) is 5.43. The molecular formula is C18H18N4O3. The second-order valence-corrected chi connectivity index (χ2v) is 5.43. The van der Waals surface area contributed by atoms with Crippen molar-refractivity contribution < 1.29 is 14.3 Å². The predicted molar refractivity (Wildman–Crippen MR) is 89.5 cm³/mol. The number of carbonyl (C=O) groups excluding carboxylic acids is 2. The number of carbonyl (C=O) groups is 2. The molecule has 25 heavy (non-hydrogen) atoms. The Kier molecular flexibility index (Phi) is 6.18. The molecule has 1 unspecified atom stereocenters. The standard InChI is InChI=1S/C18H18N4O3/c1-12-8-16(22-13(2)21-12)15(9-19)17(23)10-20-18(24)25-11-14-6-4-3-5-7-14/h3-8,15H,10-11H2,1-2H3,(H,20,24). The van der Waals surface area contributed by atoms with E-state index in [4.69, 9.17) is 4.74 Å². The summed E-state index contributed by atoms with van der Waals surface area (Å²) in [7, 11) is 0. The van der Waals surface area contributed by atoms with Gasteiger partial charge in [-0.3, -0.25) is 4.79 Å². The molecule has 2 aromatic rings. The highest BCUT2D eigenvalue weighted by Crippen LogP contribution is 2.14. The highest BCUT2D eigenvalue weighted by atomic mass is 16.5. The van der Waals surface area contributed by atoms with Crippen LogP contribution in [-0.2, 0) is 16.1 Å². The molecule has 7 nitrogen and oxygen atoms in total. The van der Waals surface area contributed by atoms with Crippen LogP contribution >= 0.6 is 0 Å². The van der Waals surface area contributed by atoms with Crippen LogP contribution in [0.5, 0.6) is 0 Å². The molecule has 0 aliphatic heterocycles. The van der Waals surface area contributed by atoms with Crippen LogP contribution in [0.15, 0.2) is 36.4 Å². The van der Waals surface area contributed by atoms with Crippen molar-refractivity contribution in [3.8, 4) is 6.07 Å². The number of alkyl carbamates (subject to hydrolysis) is 1. The molecule has 0 aliphatic rings. The summed E-state index contributed by atoms with van der Waals surface area (Å²) in [6.07, 6.45) is -0.719. The fourth-order valence-corrected chi connectivity index (χ4v) is 2.23. The molecule has 1 heterocycles. The third kappa shape index (κ3) is 5.39. The number of ether oxygens (including phenoxy) is 1. The van der Waals surface area contributed by atoms with E-state index in [1.807, 2.05) is 36.4 Å². The Morgan fingerprint density at radius 3 is 2.60 bits per heavy atom. The number of aromatic nitrogens is 2. The van der Waals surface area contributed by atoms with Crippen molar-refractivity contribution in [3.63, 3.8) is 0 Å². The number of nitrogens with one attached hydrogen (secondary N) is 1. The number of benzene rings is 1. The number of ketones is 1. The molecule has 1 N–H and O–H groups in total. The molecule has 1 amide bonds. The van der Waals surface area contributed by atoms with Crippen molar-refractivity contribution in [2.75, 3.05) is 6.54 Å². The lowest BCUT2D eigenvalue weighted by Gasteiger charge is -2.10. The highest BCUT2D eigenvalue weighted by molar-refractivity contribution is 5.91. The van der Waals surface area contributed by atoms with E-state index in [0.29, 0.717) is 17.2 Å². The monoisotopic (exact) mass is 338 g/mol. The van der Waals surface area contributed by atoms with Crippen LogP contribution < -0.4 is 5.32 Å². The van der Waals surface area contributed by atoms with E-state index in [1.54, 1.807) is 19.9 Å². The topological polar surface area (TPSA) is 105 Å². The largest absolute Gasteiger partial charge is 0.445 e. The maximum absolute atomic E-state index is 12.2. The molecule has 2 rings (SSSR count). The average molecular weight is 338 g/mol. The van der Waals surface area contributed by atoms with Crippen LogP contribution in [0, 0.1) is 25.2 Å². The maximum atomic E-state index is 12.2. The van der Waals surface area contributed by atoms with Crippen LogP contribution in [0.2, 0.25) is 0 Å². The third-order valence-corrected chi connectivity index (χ3v) is 3.35. The number of nitriles is 1. The first-order valence-electron chi connectivity index (χ1n) is 7.68. The van der Waals surface area contributed by atoms with Gasteiger partial charge in [0.25, 0.3) is 0 Å². The van der Waals surface area contributed by atoms with Gasteiger partial charge in [0.2, 0.25) is 0 Å². The van der Waals surface area contributed by atoms with Gasteiger partial charge in [-0.25, -0.2) is 14.8 Å². The van der Waals surface area contributed by atoms with Gasteiger partial charge < -0.3 is 10.1 Å². The number of nitrogens with zero attached hydrogens (tertiary/aromatic N) is 3. The molecule has 0 spiro atoms. The molecule has 0 radical (unpaired) electrons. The van der Waals surface area contributed by atoms with E-state index in [9.17, 15) is 14.9 Å². The molecule has 0 fully saturated rings. The second kappa shape index (κ2) is 8.55. The Bertz CT molecular complexity index is 779. The van der Waals surface area contributed by atoms with Crippen LogP contribution in [0.3, 0.4) is 0 Å². The van der Waals surface area contributed by atoms with Crippen molar-refractivity contribution in [1.82, 2.24) is 15.3 Å². The lowest BCUT2D eigenvalue weighted by Crippen LogP contribution is -2.32. The SMILES string of the molecule is Cc1cc(C(C#N)C(=O)CNC(=O)OCc2ccccc2)nc(C)n1. The van der Waals surface area contributed by atoms with E-state index in [1.165, 1.54) is 0 Å². The summed E-state index contributed by atoms with van der Waals surface area (Å²) >= 11 is 0. The smallest absolute Gasteiger partial charge is 0.407 e. The van der Waals surface area contributed by atoms with Gasteiger partial charge in [-0.1, -0.05) is 30.3 Å². The van der Waals surface area contributed by atoms with Gasteiger partial charge in [-0.05, 0) is 25.5 Å². The minimum absolute atomic E-state index is 0.104. The third-order valence-electron chi connectivity index (χ3n) is 3.35. The molecule has 1 aromatic carbocycles. The van der Waals surface area contributed by atoms with Crippen LogP contribution in [0.25, 0.3) is 0 Å². The summed E-state index contributed by atoms with van der Waals surface area (Å²) in [5, 5.41) is 11.6. The van der Waals surface area contributed by atoms with Gasteiger partial charge in [0, 0.05) is 5.69 Å². The number of Topliss-reactive ketones (excluding diaryl/α,β-unsaturated/α-hetero) is 1. The number of rotatable bonds is 6. The van der Waals surface area contributed by atoms with Crippen molar-refractivity contribution in [2.45, 2.75) is 26.4 Å². The van der Waals surface area contributed by atoms with E-state index in [0.717, 1.165) is 5.56 Å². The van der Waals surface area contributed by atoms with Gasteiger partial charge >= 0.3 is 6.09 Å². The minimum Gasteiger partial charge on any atom is -0.445 e. The fraction of sp³-hybridized carbons (Fsp3) is 0.278. The minimum atomic E-state index is -1.06. The Balaban J connectivity index is 1.89. The molecular weight excluding hydrogens is 320 g/mol. The van der Waals surface area contributed by atoms with Gasteiger partial charge in [0.15, 0.2) is 5.78 Å². The number of hydrogen-bond acceptors (Lipinski definition) is 6. The Morgan fingerprint density at radius 2 is 1.96 bits per heavy atom. The zero-order valence-electron chi connectivity index (χ0n) is 14.0. The molecule has 7 heteroatoms. The molecule has 1 aromatic heterocycles. The zero-order chi connectivity index (χ0) is 18.2. The van der Waals surface area contributed by atoms with Gasteiger partial charge in [-0.15, -0.1) is 0 Å². The summed E-state index contributed by atoms with van der Waals surface area (Å²) < 4.78 is 5.03. The quantitative estimate of drug-likeness (QED) is 0.865. The van der Waals surface area contributed by atoms with Gasteiger partial charge in [-0.2, -0.15) is 5.26 Å². The van der Waals surface area contributed by atoms with E-state index in [2.05, 4.69) is 15.3 Å². The maximum Gasteiger partial charge on any atom is 0.407 e. The Hall–Kier alpha value is -3.27. The summed E-state index contributed by atoms with van der Waals surface area (Å²) in [6, 6.07) is 12.7. The number of hydrogen-bond donors (Lipinski definition) is 1. The lowest BCUT2D eigenvalue weighted by molar-refractivity contribution is -0.118. The molecule has 1 atom stereocenters. The van der Waals surface area contributed by atoms with Crippen molar-refractivity contribution in [2.24, 2.45) is 0 Å². The normalized spacial score (nSPS) is 11.2. The van der Waals surface area contributed by atoms with Gasteiger partial charge in [0.05, 0.1) is 18.3 Å². The molecule has 0 aliphatic carbocycles. The van der Waals surface area contributed by atoms with Crippen molar-refractivity contribution >= 4 is 11.9 Å². The molecule has 0 bridgehead atoms. The van der Waals surface area contributed by atoms with Crippen LogP contribution in [0.4, 0.5) is 4.79 Å². The lowest BCUT2D eigenvalue weighted by atomic mass is 10.0. The zero-order valence-corrected chi connectivity index (χ0v) is 14.0. The summed E-state index contributed by atoms with van der Waals surface area (Å²) in [4.78, 5) is 32.2. The Morgan fingerprint density at radius 1 is 1.24 bits per heavy atom. The first kappa shape index (κ1) is 18.1. The molecule has 0 saturated heterocycles. The average Bonchev–Trinajstić information content (AvgIpc) is 2.59. The molecule has 0 saturated carbocycles. The summed E-state index contributed by atoms with van der Waals surface area (Å²) in [5.74, 6) is -1.04. The van der Waals surface area contributed by atoms with Crippen molar-refractivity contribution in [1.29, 1.82) is 5.26 Å². The van der Waals surface area contributed by atoms with E-state index < -0.39 is 17.8 Å². The summed E-state index contributed by atoms with van der Waals surface area (Å²) in [6.45, 7) is 3.24. The number of aryl methyl sites for hydroxylation is 2. The highest BCUT2D eigenvalue weighted by Gasteiger charge is 2.23. The van der Waals surface area contributed by atoms with Crippen LogP contribution in [-0.4, -0.2) is 28.4 Å². The first-order chi connectivity index (χ1) is 12.0. The first-order valence-corrected chi connectivity index (χ1v) is 7.68. The van der Waals surface area contributed by atoms with Crippen LogP contribution in [0.1, 0.15) is 28.7 Å². The molecule has 128 valence electrons. The summed E-state index contributed by atoms with van der Waals surface area (Å²) in [5.41, 5.74) is 1.84. The van der Waals surface area contributed by atoms with Crippen molar-refractivity contribution in [3.05, 3.63) is 59.2 Å². The predicted octanol–water partition coefficient (Wildman–Crippen LogP) is 2.20.